The smallest absolute Gasteiger partial charge is 0.256 e. The predicted octanol–water partition coefficient (Wildman–Crippen LogP) is 6.06. The molecule has 9 nitrogen and oxygen atoms in total. The molecule has 8 fully saturated rings. The summed E-state index contributed by atoms with van der Waals surface area (Å²) in [4.78, 5) is 20.9. The number of benzene rings is 1. The molecule has 0 unspecified atom stereocenters. The zero-order valence-electron chi connectivity index (χ0n) is 24.9. The van der Waals surface area contributed by atoms with E-state index in [1.807, 2.05) is 29.2 Å². The number of rotatable bonds is 10. The van der Waals surface area contributed by atoms with Crippen molar-refractivity contribution in [1.29, 1.82) is 0 Å². The number of carbonyl (C=O) groups is 1. The molecule has 11 heteroatoms. The van der Waals surface area contributed by atoms with Crippen molar-refractivity contribution in [1.82, 2.24) is 19.3 Å². The Kier molecular flexibility index (Phi) is 5.58. The molecule has 0 N–H and O–H groups in total. The molecule has 11 rings (SSSR count). The highest BCUT2D eigenvalue weighted by molar-refractivity contribution is 7.90. The molecule has 2 heterocycles. The van der Waals surface area contributed by atoms with Gasteiger partial charge in [-0.1, -0.05) is 17.3 Å². The number of fused-ring (bicyclic) bond motifs is 3. The first kappa shape index (κ1) is 27.2. The summed E-state index contributed by atoms with van der Waals surface area (Å²) >= 11 is 0. The van der Waals surface area contributed by atoms with Crippen molar-refractivity contribution in [2.24, 2.45) is 10.8 Å². The molecule has 8 aliphatic carbocycles. The topological polar surface area (TPSA) is 111 Å². The SMILES string of the molecule is O=C(CC12CC(F)(C1)C2)N(CC12CCC(c3nc(C4CC4)no3)(CC1)CC2)c1cccc(-c2cnn(S(=O)(=O)C3CC3)c2)c1. The molecule has 1 amide bonds. The Bertz CT molecular complexity index is 1730. The predicted molar refractivity (Wildman–Crippen MR) is 160 cm³/mol. The van der Waals surface area contributed by atoms with Crippen LogP contribution in [0.15, 0.2) is 41.2 Å². The third kappa shape index (κ3) is 4.31. The Labute approximate surface area is 256 Å². The summed E-state index contributed by atoms with van der Waals surface area (Å²) in [6.45, 7) is 0.620. The van der Waals surface area contributed by atoms with E-state index in [1.165, 1.54) is 0 Å². The lowest BCUT2D eigenvalue weighted by molar-refractivity contribution is -0.215. The van der Waals surface area contributed by atoms with E-state index >= 15 is 0 Å². The third-order valence-electron chi connectivity index (χ3n) is 11.9. The Balaban J connectivity index is 0.983. The van der Waals surface area contributed by atoms with Crippen LogP contribution in [0.1, 0.15) is 108 Å². The van der Waals surface area contributed by atoms with Gasteiger partial charge in [0.1, 0.15) is 5.67 Å². The van der Waals surface area contributed by atoms with Crippen LogP contribution in [-0.2, 0) is 20.2 Å². The Morgan fingerprint density at radius 3 is 2.39 bits per heavy atom. The number of nitrogens with zero attached hydrogens (tertiary/aromatic N) is 5. The molecule has 4 bridgehead atoms. The molecular weight excluding hydrogens is 581 g/mol. The van der Waals surface area contributed by atoms with Crippen LogP contribution in [0.2, 0.25) is 0 Å². The van der Waals surface area contributed by atoms with Crippen LogP contribution in [0.25, 0.3) is 11.1 Å². The zero-order valence-corrected chi connectivity index (χ0v) is 25.7. The highest BCUT2D eigenvalue weighted by Crippen LogP contribution is 2.71. The van der Waals surface area contributed by atoms with Gasteiger partial charge in [0.25, 0.3) is 10.0 Å². The second-order valence-corrected chi connectivity index (χ2v) is 17.3. The van der Waals surface area contributed by atoms with Gasteiger partial charge in [0.15, 0.2) is 5.82 Å². The molecule has 0 spiro atoms. The van der Waals surface area contributed by atoms with Gasteiger partial charge in [0, 0.05) is 35.5 Å². The average Bonchev–Trinajstić information content (AvgIpc) is 3.93. The number of amides is 1. The summed E-state index contributed by atoms with van der Waals surface area (Å²) < 4.78 is 46.8. The number of anilines is 1. The quantitative estimate of drug-likeness (QED) is 0.271. The van der Waals surface area contributed by atoms with Crippen molar-refractivity contribution in [3.63, 3.8) is 0 Å². The lowest BCUT2D eigenvalue weighted by atomic mass is 9.41. The van der Waals surface area contributed by atoms with Crippen molar-refractivity contribution < 1.29 is 22.1 Å². The summed E-state index contributed by atoms with van der Waals surface area (Å²) in [5.41, 5.74) is 1.02. The average molecular weight is 620 g/mol. The first-order valence-electron chi connectivity index (χ1n) is 16.3. The van der Waals surface area contributed by atoms with Crippen molar-refractivity contribution in [2.75, 3.05) is 11.4 Å². The maximum Gasteiger partial charge on any atom is 0.256 e. The van der Waals surface area contributed by atoms with Crippen LogP contribution in [0.3, 0.4) is 0 Å². The normalized spacial score (nSPS) is 33.9. The Hall–Kier alpha value is -3.08. The van der Waals surface area contributed by atoms with E-state index in [1.54, 1.807) is 12.4 Å². The van der Waals surface area contributed by atoms with Crippen LogP contribution < -0.4 is 4.90 Å². The molecule has 0 atom stereocenters. The van der Waals surface area contributed by atoms with Gasteiger partial charge in [-0.3, -0.25) is 4.79 Å². The van der Waals surface area contributed by atoms with Gasteiger partial charge >= 0.3 is 0 Å². The highest BCUT2D eigenvalue weighted by Gasteiger charge is 2.69. The van der Waals surface area contributed by atoms with E-state index in [9.17, 15) is 17.6 Å². The van der Waals surface area contributed by atoms with Crippen molar-refractivity contribution in [2.45, 2.75) is 112 Å². The van der Waals surface area contributed by atoms with Crippen LogP contribution >= 0.6 is 0 Å². The molecule has 8 saturated carbocycles. The fourth-order valence-electron chi connectivity index (χ4n) is 8.87. The second-order valence-electron chi connectivity index (χ2n) is 15.2. The number of hydrogen-bond acceptors (Lipinski definition) is 7. The molecule has 0 aliphatic heterocycles. The van der Waals surface area contributed by atoms with Crippen LogP contribution in [0.4, 0.5) is 10.1 Å². The van der Waals surface area contributed by atoms with Crippen LogP contribution in [0.5, 0.6) is 0 Å². The molecular formula is C33H38FN5O4S. The summed E-state index contributed by atoms with van der Waals surface area (Å²) in [6, 6.07) is 7.80. The van der Waals surface area contributed by atoms with Gasteiger partial charge in [0.05, 0.1) is 17.6 Å². The van der Waals surface area contributed by atoms with E-state index in [2.05, 4.69) is 10.3 Å². The first-order chi connectivity index (χ1) is 21.1. The van der Waals surface area contributed by atoms with Crippen molar-refractivity contribution >= 4 is 21.6 Å². The van der Waals surface area contributed by atoms with E-state index in [-0.39, 0.29) is 27.4 Å². The molecule has 232 valence electrons. The van der Waals surface area contributed by atoms with Gasteiger partial charge in [0.2, 0.25) is 11.8 Å². The van der Waals surface area contributed by atoms with Gasteiger partial charge in [-0.25, -0.2) is 12.8 Å². The van der Waals surface area contributed by atoms with Crippen molar-refractivity contribution in [3.05, 3.63) is 48.4 Å². The molecule has 1 aromatic carbocycles. The first-order valence-corrected chi connectivity index (χ1v) is 17.8. The van der Waals surface area contributed by atoms with Crippen LogP contribution in [-0.4, -0.2) is 51.1 Å². The van der Waals surface area contributed by atoms with Gasteiger partial charge < -0.3 is 9.42 Å². The van der Waals surface area contributed by atoms with E-state index in [0.29, 0.717) is 56.6 Å². The molecule has 8 aliphatic rings. The highest BCUT2D eigenvalue weighted by atomic mass is 32.2. The Morgan fingerprint density at radius 1 is 1.00 bits per heavy atom. The second kappa shape index (κ2) is 9.01. The standard InChI is InChI=1S/C33H38FN5O4S/c34-33-18-31(19-33,20-33)15-27(40)38(25-3-1-2-23(14-25)24-16-35-39(17-24)44(41,42)26-6-7-26)21-30-8-11-32(12-9-30,13-10-30)29-36-28(37-43-29)22-4-5-22/h1-3,14,16-17,22,26H,4-13,15,18-21H2. The summed E-state index contributed by atoms with van der Waals surface area (Å²) in [5.74, 6) is 2.20. The number of hydrogen-bond donors (Lipinski definition) is 0. The minimum Gasteiger partial charge on any atom is -0.339 e. The molecule has 44 heavy (non-hydrogen) atoms. The minimum absolute atomic E-state index is 0.00325. The maximum absolute atomic E-state index is 14.4. The fourth-order valence-corrected chi connectivity index (χ4v) is 10.3. The number of alkyl halides is 1. The molecule has 3 aromatic rings. The van der Waals surface area contributed by atoms with Gasteiger partial charge in [-0.05, 0) is 112 Å². The monoisotopic (exact) mass is 619 g/mol. The summed E-state index contributed by atoms with van der Waals surface area (Å²) in [7, 11) is -3.47. The number of carbonyl (C=O) groups excluding carboxylic acids is 1. The van der Waals surface area contributed by atoms with Crippen LogP contribution in [0, 0.1) is 10.8 Å². The third-order valence-corrected chi connectivity index (χ3v) is 13.9. The van der Waals surface area contributed by atoms with Gasteiger partial charge in [-0.2, -0.15) is 14.2 Å². The fraction of sp³-hybridized carbons (Fsp3) is 0.636. The number of halogens is 1. The largest absolute Gasteiger partial charge is 0.339 e. The van der Waals surface area contributed by atoms with Gasteiger partial charge in [-0.15, -0.1) is 0 Å². The van der Waals surface area contributed by atoms with E-state index in [4.69, 9.17) is 9.51 Å². The molecule has 0 radical (unpaired) electrons. The maximum atomic E-state index is 14.4. The van der Waals surface area contributed by atoms with E-state index < -0.39 is 15.7 Å². The van der Waals surface area contributed by atoms with E-state index in [0.717, 1.165) is 78.4 Å². The lowest BCUT2D eigenvalue weighted by Crippen LogP contribution is -2.65. The summed E-state index contributed by atoms with van der Waals surface area (Å²) in [6.07, 6.45) is 14.6. The number of aromatic nitrogens is 4. The molecule has 2 aromatic heterocycles. The zero-order chi connectivity index (χ0) is 30.0. The molecule has 0 saturated heterocycles. The lowest BCUT2D eigenvalue weighted by Gasteiger charge is -2.66. The van der Waals surface area contributed by atoms with Crippen molar-refractivity contribution in [3.8, 4) is 11.1 Å². The minimum atomic E-state index is -3.47. The summed E-state index contributed by atoms with van der Waals surface area (Å²) in [5, 5.41) is 8.13. The Morgan fingerprint density at radius 2 is 1.73 bits per heavy atom.